The van der Waals surface area contributed by atoms with Gasteiger partial charge in [0.25, 0.3) is 0 Å². The Morgan fingerprint density at radius 1 is 1.46 bits per heavy atom. The van der Waals surface area contributed by atoms with E-state index in [9.17, 15) is 0 Å². The van der Waals surface area contributed by atoms with Gasteiger partial charge in [-0.05, 0) is 6.07 Å². The van der Waals surface area contributed by atoms with Crippen molar-refractivity contribution in [3.05, 3.63) is 18.0 Å². The maximum Gasteiger partial charge on any atom is 0.177 e. The molecule has 0 radical (unpaired) electrons. The van der Waals surface area contributed by atoms with E-state index in [0.717, 1.165) is 5.69 Å². The van der Waals surface area contributed by atoms with Gasteiger partial charge in [0.2, 0.25) is 0 Å². The maximum absolute atomic E-state index is 5.85. The second-order valence-corrected chi connectivity index (χ2v) is 2.78. The van der Waals surface area contributed by atoms with Crippen LogP contribution in [-0.4, -0.2) is 30.3 Å². The molecule has 0 saturated carbocycles. The number of nitrogens with two attached hydrogens (primary N) is 1. The average Bonchev–Trinajstić information content (AvgIpc) is 2.54. The predicted molar refractivity (Wildman–Crippen MR) is 47.9 cm³/mol. The minimum atomic E-state index is -0.449. The highest BCUT2D eigenvalue weighted by Crippen LogP contribution is 2.13. The van der Waals surface area contributed by atoms with Crippen LogP contribution in [0.15, 0.2) is 12.3 Å². The smallest absolute Gasteiger partial charge is 0.177 e. The third kappa shape index (κ3) is 2.27. The monoisotopic (exact) mass is 185 g/mol. The summed E-state index contributed by atoms with van der Waals surface area (Å²) in [6, 6.07) is 1.49. The normalized spacial score (nSPS) is 13.6. The predicted octanol–water partition coefficient (Wildman–Crippen LogP) is 0.0388. The van der Waals surface area contributed by atoms with Gasteiger partial charge in [0.15, 0.2) is 6.29 Å². The van der Waals surface area contributed by atoms with Crippen molar-refractivity contribution in [2.45, 2.75) is 12.3 Å². The molecule has 0 aliphatic heterocycles. The summed E-state index contributed by atoms with van der Waals surface area (Å²) in [4.78, 5) is 0. The standard InChI is InChI=1S/C8H15N3O2/c1-11-5-4-6(10-11)7(9)8(12-2)13-3/h4-5,7-8H,9H2,1-3H3. The van der Waals surface area contributed by atoms with E-state index in [1.165, 1.54) is 0 Å². The highest BCUT2D eigenvalue weighted by molar-refractivity contribution is 5.05. The highest BCUT2D eigenvalue weighted by atomic mass is 16.7. The van der Waals surface area contributed by atoms with Gasteiger partial charge >= 0.3 is 0 Å². The number of aryl methyl sites for hydroxylation is 1. The summed E-state index contributed by atoms with van der Waals surface area (Å²) in [6.45, 7) is 0. The molecule has 74 valence electrons. The molecular weight excluding hydrogens is 170 g/mol. The zero-order chi connectivity index (χ0) is 9.84. The molecular formula is C8H15N3O2. The first kappa shape index (κ1) is 10.2. The Morgan fingerprint density at radius 2 is 2.08 bits per heavy atom. The third-order valence-corrected chi connectivity index (χ3v) is 1.83. The molecule has 0 aromatic carbocycles. The Balaban J connectivity index is 2.71. The van der Waals surface area contributed by atoms with Crippen LogP contribution in [0.2, 0.25) is 0 Å². The van der Waals surface area contributed by atoms with Crippen LogP contribution in [-0.2, 0) is 16.5 Å². The van der Waals surface area contributed by atoms with Gasteiger partial charge in [0, 0.05) is 27.5 Å². The van der Waals surface area contributed by atoms with Crippen molar-refractivity contribution in [1.29, 1.82) is 0 Å². The fraction of sp³-hybridized carbons (Fsp3) is 0.625. The molecule has 0 amide bonds. The first-order valence-corrected chi connectivity index (χ1v) is 3.99. The largest absolute Gasteiger partial charge is 0.354 e. The molecule has 0 aliphatic rings. The molecule has 0 bridgehead atoms. The first-order chi connectivity index (χ1) is 6.19. The molecule has 5 nitrogen and oxygen atoms in total. The minimum absolute atomic E-state index is 0.351. The van der Waals surface area contributed by atoms with Gasteiger partial charge < -0.3 is 15.2 Å². The molecule has 1 unspecified atom stereocenters. The molecule has 1 rings (SSSR count). The Bertz CT molecular complexity index is 258. The lowest BCUT2D eigenvalue weighted by atomic mass is 10.2. The fourth-order valence-electron chi connectivity index (χ4n) is 1.14. The Hall–Kier alpha value is -0.910. The highest BCUT2D eigenvalue weighted by Gasteiger charge is 2.20. The number of methoxy groups -OCH3 is 2. The molecule has 1 atom stereocenters. The second-order valence-electron chi connectivity index (χ2n) is 2.78. The summed E-state index contributed by atoms with van der Waals surface area (Å²) >= 11 is 0. The van der Waals surface area contributed by atoms with Crippen LogP contribution >= 0.6 is 0 Å². The van der Waals surface area contributed by atoms with Crippen LogP contribution in [0.5, 0.6) is 0 Å². The number of aromatic nitrogens is 2. The Labute approximate surface area is 77.4 Å². The molecule has 0 spiro atoms. The third-order valence-electron chi connectivity index (χ3n) is 1.83. The van der Waals surface area contributed by atoms with E-state index in [0.29, 0.717) is 0 Å². The van der Waals surface area contributed by atoms with Gasteiger partial charge in [0.05, 0.1) is 5.69 Å². The van der Waals surface area contributed by atoms with Crippen molar-refractivity contribution in [2.24, 2.45) is 12.8 Å². The van der Waals surface area contributed by atoms with Gasteiger partial charge in [-0.1, -0.05) is 0 Å². The lowest BCUT2D eigenvalue weighted by molar-refractivity contribution is -0.118. The molecule has 1 heterocycles. The van der Waals surface area contributed by atoms with E-state index < -0.39 is 6.29 Å². The topological polar surface area (TPSA) is 62.3 Å². The summed E-state index contributed by atoms with van der Waals surface area (Å²) in [5.41, 5.74) is 6.61. The zero-order valence-electron chi connectivity index (χ0n) is 8.10. The summed E-state index contributed by atoms with van der Waals surface area (Å²) in [5.74, 6) is 0. The Morgan fingerprint density at radius 3 is 2.46 bits per heavy atom. The van der Waals surface area contributed by atoms with Crippen LogP contribution in [0, 0.1) is 0 Å². The van der Waals surface area contributed by atoms with Crippen LogP contribution in [0.3, 0.4) is 0 Å². The van der Waals surface area contributed by atoms with Gasteiger partial charge in [-0.3, -0.25) is 4.68 Å². The van der Waals surface area contributed by atoms with Crippen molar-refractivity contribution in [3.8, 4) is 0 Å². The lowest BCUT2D eigenvalue weighted by Gasteiger charge is -2.18. The molecule has 0 saturated heterocycles. The van der Waals surface area contributed by atoms with Crippen LogP contribution in [0.4, 0.5) is 0 Å². The number of hydrogen-bond acceptors (Lipinski definition) is 4. The molecule has 1 aromatic rings. The van der Waals surface area contributed by atoms with E-state index >= 15 is 0 Å². The number of nitrogens with zero attached hydrogens (tertiary/aromatic N) is 2. The SMILES string of the molecule is COC(OC)C(N)c1ccn(C)n1. The number of ether oxygens (including phenoxy) is 2. The van der Waals surface area contributed by atoms with E-state index in [1.54, 1.807) is 18.9 Å². The summed E-state index contributed by atoms with van der Waals surface area (Å²) in [5, 5.41) is 4.16. The van der Waals surface area contributed by atoms with Crippen LogP contribution in [0.1, 0.15) is 11.7 Å². The summed E-state index contributed by atoms with van der Waals surface area (Å²) in [7, 11) is 4.94. The summed E-state index contributed by atoms with van der Waals surface area (Å²) < 4.78 is 11.7. The molecule has 1 aromatic heterocycles. The molecule has 5 heteroatoms. The summed E-state index contributed by atoms with van der Waals surface area (Å²) in [6.07, 6.45) is 1.38. The molecule has 13 heavy (non-hydrogen) atoms. The van der Waals surface area contributed by atoms with Crippen LogP contribution in [0.25, 0.3) is 0 Å². The van der Waals surface area contributed by atoms with Crippen molar-refractivity contribution in [1.82, 2.24) is 9.78 Å². The van der Waals surface area contributed by atoms with Crippen molar-refractivity contribution in [2.75, 3.05) is 14.2 Å². The van der Waals surface area contributed by atoms with E-state index in [1.807, 2.05) is 19.3 Å². The van der Waals surface area contributed by atoms with Gasteiger partial charge in [-0.15, -0.1) is 0 Å². The molecule has 2 N–H and O–H groups in total. The minimum Gasteiger partial charge on any atom is -0.354 e. The first-order valence-electron chi connectivity index (χ1n) is 3.99. The Kier molecular flexibility index (Phi) is 3.41. The van der Waals surface area contributed by atoms with E-state index in [4.69, 9.17) is 15.2 Å². The number of hydrogen-bond donors (Lipinski definition) is 1. The maximum atomic E-state index is 5.85. The molecule has 0 fully saturated rings. The van der Waals surface area contributed by atoms with Gasteiger partial charge in [-0.25, -0.2) is 0 Å². The van der Waals surface area contributed by atoms with Crippen LogP contribution < -0.4 is 5.73 Å². The van der Waals surface area contributed by atoms with E-state index in [-0.39, 0.29) is 6.04 Å². The quantitative estimate of drug-likeness (QED) is 0.673. The van der Waals surface area contributed by atoms with Crippen molar-refractivity contribution in [3.63, 3.8) is 0 Å². The molecule has 0 aliphatic carbocycles. The fourth-order valence-corrected chi connectivity index (χ4v) is 1.14. The number of rotatable bonds is 4. The van der Waals surface area contributed by atoms with E-state index in [2.05, 4.69) is 5.10 Å². The lowest BCUT2D eigenvalue weighted by Crippen LogP contribution is -2.30. The van der Waals surface area contributed by atoms with Crippen molar-refractivity contribution >= 4 is 0 Å². The van der Waals surface area contributed by atoms with Gasteiger partial charge in [0.1, 0.15) is 6.04 Å². The second kappa shape index (κ2) is 4.36. The van der Waals surface area contributed by atoms with Gasteiger partial charge in [-0.2, -0.15) is 5.10 Å². The zero-order valence-corrected chi connectivity index (χ0v) is 8.10. The van der Waals surface area contributed by atoms with Crippen molar-refractivity contribution < 1.29 is 9.47 Å². The average molecular weight is 185 g/mol.